The summed E-state index contributed by atoms with van der Waals surface area (Å²) in [5.74, 6) is 2.40. The fraction of sp³-hybridized carbons (Fsp3) is 0.944. The van der Waals surface area contributed by atoms with E-state index in [4.69, 9.17) is 16.3 Å². The Morgan fingerprint density at radius 1 is 1.17 bits per heavy atom. The molecule has 5 heteroatoms. The number of carbonyl (C=O) groups is 1. The van der Waals surface area contributed by atoms with Crippen molar-refractivity contribution >= 4 is 17.5 Å². The van der Waals surface area contributed by atoms with Gasteiger partial charge < -0.3 is 10.1 Å². The number of nitrogens with one attached hydrogen (secondary N) is 1. The van der Waals surface area contributed by atoms with Gasteiger partial charge in [0.15, 0.2) is 0 Å². The van der Waals surface area contributed by atoms with Gasteiger partial charge in [-0.15, -0.1) is 11.6 Å². The van der Waals surface area contributed by atoms with E-state index < -0.39 is 0 Å². The first-order valence-electron chi connectivity index (χ1n) is 9.31. The van der Waals surface area contributed by atoms with Crippen molar-refractivity contribution in [3.8, 4) is 0 Å². The van der Waals surface area contributed by atoms with Gasteiger partial charge in [-0.1, -0.05) is 12.8 Å². The second kappa shape index (κ2) is 8.17. The lowest BCUT2D eigenvalue weighted by atomic mass is 9.76. The first kappa shape index (κ1) is 17.5. The monoisotopic (exact) mass is 342 g/mol. The van der Waals surface area contributed by atoms with Gasteiger partial charge in [0.05, 0.1) is 11.9 Å². The van der Waals surface area contributed by atoms with Crippen LogP contribution in [-0.4, -0.2) is 55.6 Å². The molecule has 0 spiro atoms. The highest BCUT2D eigenvalue weighted by molar-refractivity contribution is 6.21. The van der Waals surface area contributed by atoms with Gasteiger partial charge in [-0.3, -0.25) is 9.69 Å². The van der Waals surface area contributed by atoms with Crippen molar-refractivity contribution in [2.45, 2.75) is 56.4 Å². The molecule has 2 saturated carbocycles. The summed E-state index contributed by atoms with van der Waals surface area (Å²) in [6.45, 7) is 3.42. The van der Waals surface area contributed by atoms with E-state index in [1.165, 1.54) is 32.1 Å². The largest absolute Gasteiger partial charge is 0.381 e. The Labute approximate surface area is 145 Å². The van der Waals surface area contributed by atoms with Crippen LogP contribution >= 0.6 is 11.6 Å². The van der Waals surface area contributed by atoms with Crippen molar-refractivity contribution in [1.29, 1.82) is 0 Å². The van der Waals surface area contributed by atoms with Crippen LogP contribution in [0.25, 0.3) is 0 Å². The van der Waals surface area contributed by atoms with Crippen LogP contribution in [0.4, 0.5) is 0 Å². The Morgan fingerprint density at radius 3 is 2.78 bits per heavy atom. The highest BCUT2D eigenvalue weighted by atomic mass is 35.5. The van der Waals surface area contributed by atoms with E-state index in [-0.39, 0.29) is 17.3 Å². The zero-order chi connectivity index (χ0) is 16.2. The van der Waals surface area contributed by atoms with Crippen molar-refractivity contribution < 1.29 is 9.53 Å². The predicted molar refractivity (Wildman–Crippen MR) is 92.7 cm³/mol. The minimum atomic E-state index is 0.107. The predicted octanol–water partition coefficient (Wildman–Crippen LogP) is 2.65. The van der Waals surface area contributed by atoms with Gasteiger partial charge in [-0.05, 0) is 56.9 Å². The Kier molecular flexibility index (Phi) is 6.22. The van der Waals surface area contributed by atoms with Gasteiger partial charge >= 0.3 is 0 Å². The van der Waals surface area contributed by atoms with Crippen LogP contribution in [0, 0.1) is 17.8 Å². The maximum atomic E-state index is 12.3. The molecule has 1 heterocycles. The van der Waals surface area contributed by atoms with E-state index in [1.807, 2.05) is 0 Å². The lowest BCUT2D eigenvalue weighted by molar-refractivity contribution is -0.123. The number of hydrogen-bond donors (Lipinski definition) is 1. The lowest BCUT2D eigenvalue weighted by Gasteiger charge is -2.33. The second-order valence-corrected chi connectivity index (χ2v) is 8.47. The van der Waals surface area contributed by atoms with Crippen molar-refractivity contribution in [2.75, 3.05) is 33.4 Å². The number of amides is 1. The highest BCUT2D eigenvalue weighted by Crippen LogP contribution is 2.38. The summed E-state index contributed by atoms with van der Waals surface area (Å²) >= 11 is 6.33. The molecular formula is C18H31ClN2O2. The van der Waals surface area contributed by atoms with E-state index in [0.29, 0.717) is 12.5 Å². The number of nitrogens with zero attached hydrogens (tertiary/aromatic N) is 1. The Bertz CT molecular complexity index is 406. The molecule has 2 aliphatic carbocycles. The average molecular weight is 343 g/mol. The van der Waals surface area contributed by atoms with E-state index in [0.717, 1.165) is 44.4 Å². The van der Waals surface area contributed by atoms with E-state index >= 15 is 0 Å². The third kappa shape index (κ3) is 4.83. The van der Waals surface area contributed by atoms with Crippen LogP contribution in [-0.2, 0) is 9.53 Å². The Hall–Kier alpha value is -0.320. The molecule has 23 heavy (non-hydrogen) atoms. The molecule has 0 bridgehead atoms. The van der Waals surface area contributed by atoms with Gasteiger partial charge in [0.2, 0.25) is 5.91 Å². The molecule has 132 valence electrons. The number of hydrogen-bond acceptors (Lipinski definition) is 3. The first-order valence-corrected chi connectivity index (χ1v) is 9.75. The van der Waals surface area contributed by atoms with Crippen molar-refractivity contribution in [2.24, 2.45) is 17.8 Å². The van der Waals surface area contributed by atoms with E-state index in [2.05, 4.69) is 17.3 Å². The van der Waals surface area contributed by atoms with Gasteiger partial charge in [-0.2, -0.15) is 0 Å². The number of alkyl halides is 1. The van der Waals surface area contributed by atoms with Crippen LogP contribution in [0.3, 0.4) is 0 Å². The van der Waals surface area contributed by atoms with Gasteiger partial charge in [0, 0.05) is 25.8 Å². The zero-order valence-corrected chi connectivity index (χ0v) is 15.1. The van der Waals surface area contributed by atoms with Crippen molar-refractivity contribution in [1.82, 2.24) is 10.2 Å². The molecule has 0 aromatic rings. The van der Waals surface area contributed by atoms with Crippen molar-refractivity contribution in [3.63, 3.8) is 0 Å². The first-order chi connectivity index (χ1) is 11.1. The normalized spacial score (nSPS) is 37.6. The fourth-order valence-corrected chi connectivity index (χ4v) is 4.98. The molecule has 0 aromatic carbocycles. The maximum absolute atomic E-state index is 12.3. The van der Waals surface area contributed by atoms with Crippen LogP contribution < -0.4 is 5.32 Å². The van der Waals surface area contributed by atoms with E-state index in [1.54, 1.807) is 0 Å². The van der Waals surface area contributed by atoms with Crippen LogP contribution in [0.2, 0.25) is 0 Å². The molecule has 0 aromatic heterocycles. The maximum Gasteiger partial charge on any atom is 0.234 e. The molecule has 5 unspecified atom stereocenters. The third-order valence-corrected chi connectivity index (χ3v) is 6.45. The van der Waals surface area contributed by atoms with Crippen molar-refractivity contribution in [3.05, 3.63) is 0 Å². The summed E-state index contributed by atoms with van der Waals surface area (Å²) < 4.78 is 5.61. The molecular weight excluding hydrogens is 312 g/mol. The minimum Gasteiger partial charge on any atom is -0.381 e. The molecule has 1 saturated heterocycles. The highest BCUT2D eigenvalue weighted by Gasteiger charge is 2.35. The van der Waals surface area contributed by atoms with Crippen LogP contribution in [0.1, 0.15) is 44.9 Å². The number of carbonyl (C=O) groups excluding carboxylic acids is 1. The molecule has 5 atom stereocenters. The van der Waals surface area contributed by atoms with Gasteiger partial charge in [0.1, 0.15) is 0 Å². The molecule has 0 radical (unpaired) electrons. The number of ether oxygens (including phenoxy) is 1. The fourth-order valence-electron chi connectivity index (χ4n) is 4.64. The standard InChI is InChI=1S/C18H31ClN2O2/c1-21(9-13-6-7-14-11-23-12-15(14)8-13)10-18(22)20-17-5-3-2-4-16(17)19/h13-17H,2-12H2,1H3,(H,20,22). The number of fused-ring (bicyclic) bond motifs is 1. The zero-order valence-electron chi connectivity index (χ0n) is 14.3. The number of halogens is 1. The van der Waals surface area contributed by atoms with Crippen LogP contribution in [0.15, 0.2) is 0 Å². The summed E-state index contributed by atoms with van der Waals surface area (Å²) in [6, 6.07) is 0.164. The molecule has 1 aliphatic heterocycles. The SMILES string of the molecule is CN(CC(=O)NC1CCCCC1Cl)CC1CCC2COCC2C1. The smallest absolute Gasteiger partial charge is 0.234 e. The summed E-state index contributed by atoms with van der Waals surface area (Å²) in [7, 11) is 2.07. The molecule has 4 nitrogen and oxygen atoms in total. The van der Waals surface area contributed by atoms with E-state index in [9.17, 15) is 4.79 Å². The number of likely N-dealkylation sites (N-methyl/N-ethyl adjacent to an activating group) is 1. The van der Waals surface area contributed by atoms with Gasteiger partial charge in [0.25, 0.3) is 0 Å². The molecule has 1 N–H and O–H groups in total. The Morgan fingerprint density at radius 2 is 1.96 bits per heavy atom. The quantitative estimate of drug-likeness (QED) is 0.781. The average Bonchev–Trinajstić information content (AvgIpc) is 2.97. The Balaban J connectivity index is 1.38. The second-order valence-electron chi connectivity index (χ2n) is 7.91. The summed E-state index contributed by atoms with van der Waals surface area (Å²) in [4.78, 5) is 14.4. The summed E-state index contributed by atoms with van der Waals surface area (Å²) in [6.07, 6.45) is 8.26. The molecule has 3 fully saturated rings. The molecule has 3 rings (SSSR count). The summed E-state index contributed by atoms with van der Waals surface area (Å²) in [5.41, 5.74) is 0. The van der Waals surface area contributed by atoms with Gasteiger partial charge in [-0.25, -0.2) is 0 Å². The number of rotatable bonds is 5. The summed E-state index contributed by atoms with van der Waals surface area (Å²) in [5, 5.41) is 3.25. The lowest BCUT2D eigenvalue weighted by Crippen LogP contribution is -2.47. The van der Waals surface area contributed by atoms with Crippen LogP contribution in [0.5, 0.6) is 0 Å². The molecule has 3 aliphatic rings. The minimum absolute atomic E-state index is 0.107. The molecule has 1 amide bonds. The topological polar surface area (TPSA) is 41.6 Å². The third-order valence-electron chi connectivity index (χ3n) is 5.92.